The molecular weight excluding hydrogens is 256 g/mol. The van der Waals surface area contributed by atoms with E-state index in [-0.39, 0.29) is 11.9 Å². The average Bonchev–Trinajstić information content (AvgIpc) is 2.76. The summed E-state index contributed by atoms with van der Waals surface area (Å²) in [6.07, 6.45) is 5.84. The quantitative estimate of drug-likeness (QED) is 0.842. The van der Waals surface area contributed by atoms with Gasteiger partial charge in [-0.15, -0.1) is 0 Å². The largest absolute Gasteiger partial charge is 0.347 e. The number of benzene rings is 1. The highest BCUT2D eigenvalue weighted by molar-refractivity contribution is 7.80. The number of nitrogens with zero attached hydrogens (tertiary/aromatic N) is 1. The molecule has 0 aromatic heterocycles. The summed E-state index contributed by atoms with van der Waals surface area (Å²) in [5, 5.41) is 3.78. The lowest BCUT2D eigenvalue weighted by Crippen LogP contribution is -2.41. The summed E-state index contributed by atoms with van der Waals surface area (Å²) in [5.41, 5.74) is 0.994. The minimum absolute atomic E-state index is 0.114. The first-order valence-electron chi connectivity index (χ1n) is 6.96. The van der Waals surface area contributed by atoms with Crippen LogP contribution in [0.1, 0.15) is 43.7 Å². The third-order valence-electron chi connectivity index (χ3n) is 4.04. The molecule has 1 aromatic carbocycles. The zero-order valence-electron chi connectivity index (χ0n) is 10.8. The second kappa shape index (κ2) is 5.29. The molecule has 1 atom stereocenters. The molecule has 3 rings (SSSR count). The van der Waals surface area contributed by atoms with E-state index < -0.39 is 0 Å². The van der Waals surface area contributed by atoms with Crippen molar-refractivity contribution in [1.29, 1.82) is 0 Å². The van der Waals surface area contributed by atoms with Gasteiger partial charge in [0.1, 0.15) is 6.04 Å². The van der Waals surface area contributed by atoms with Crippen LogP contribution in [0.3, 0.4) is 0 Å². The fourth-order valence-corrected chi connectivity index (χ4v) is 3.41. The Labute approximate surface area is 119 Å². The molecule has 1 N–H and O–H groups in total. The van der Waals surface area contributed by atoms with Crippen LogP contribution in [-0.4, -0.2) is 22.0 Å². The standard InChI is InChI=1S/C15H18N2OS/c18-14-13(11-7-3-1-4-8-11)16-15(19)17(14)12-9-5-2-6-10-12/h1,3-4,7-8,12-13H,2,5-6,9-10H2,(H,16,19)/t13-/m0/s1. The lowest BCUT2D eigenvalue weighted by molar-refractivity contribution is -0.129. The van der Waals surface area contributed by atoms with E-state index in [0.717, 1.165) is 18.4 Å². The van der Waals surface area contributed by atoms with Gasteiger partial charge in [-0.2, -0.15) is 0 Å². The minimum atomic E-state index is -0.296. The zero-order chi connectivity index (χ0) is 13.2. The van der Waals surface area contributed by atoms with Crippen molar-refractivity contribution in [2.24, 2.45) is 0 Å². The molecule has 0 spiro atoms. The van der Waals surface area contributed by atoms with Gasteiger partial charge in [-0.1, -0.05) is 49.6 Å². The maximum Gasteiger partial charge on any atom is 0.256 e. The second-order valence-electron chi connectivity index (χ2n) is 5.29. The summed E-state index contributed by atoms with van der Waals surface area (Å²) in [6, 6.07) is 9.82. The lowest BCUT2D eigenvalue weighted by atomic mass is 9.94. The average molecular weight is 274 g/mol. The van der Waals surface area contributed by atoms with Gasteiger partial charge in [0.25, 0.3) is 5.91 Å². The predicted molar refractivity (Wildman–Crippen MR) is 78.6 cm³/mol. The van der Waals surface area contributed by atoms with E-state index in [1.807, 2.05) is 35.2 Å². The van der Waals surface area contributed by atoms with Crippen LogP contribution >= 0.6 is 12.2 Å². The van der Waals surface area contributed by atoms with Crippen LogP contribution in [0.25, 0.3) is 0 Å². The van der Waals surface area contributed by atoms with Crippen molar-refractivity contribution in [1.82, 2.24) is 10.2 Å². The van der Waals surface area contributed by atoms with Gasteiger partial charge in [0.15, 0.2) is 5.11 Å². The smallest absolute Gasteiger partial charge is 0.256 e. The van der Waals surface area contributed by atoms with Crippen LogP contribution in [0.4, 0.5) is 0 Å². The van der Waals surface area contributed by atoms with E-state index in [1.54, 1.807) is 0 Å². The third-order valence-corrected chi connectivity index (χ3v) is 4.36. The summed E-state index contributed by atoms with van der Waals surface area (Å²) in [5.74, 6) is 0.114. The highest BCUT2D eigenvalue weighted by atomic mass is 32.1. The number of hydrogen-bond acceptors (Lipinski definition) is 2. The van der Waals surface area contributed by atoms with Gasteiger partial charge in [-0.05, 0) is 30.6 Å². The Bertz CT molecular complexity index is 482. The van der Waals surface area contributed by atoms with Gasteiger partial charge in [-0.25, -0.2) is 0 Å². The van der Waals surface area contributed by atoms with Gasteiger partial charge >= 0.3 is 0 Å². The molecule has 1 aliphatic heterocycles. The summed E-state index contributed by atoms with van der Waals surface area (Å²) in [6.45, 7) is 0. The highest BCUT2D eigenvalue weighted by Gasteiger charge is 2.40. The van der Waals surface area contributed by atoms with E-state index in [9.17, 15) is 4.79 Å². The number of amides is 1. The maximum absolute atomic E-state index is 12.6. The Morgan fingerprint density at radius 1 is 1.11 bits per heavy atom. The molecule has 0 unspecified atom stereocenters. The van der Waals surface area contributed by atoms with Crippen molar-refractivity contribution in [3.8, 4) is 0 Å². The van der Waals surface area contributed by atoms with Crippen LogP contribution in [0, 0.1) is 0 Å². The van der Waals surface area contributed by atoms with E-state index in [1.165, 1.54) is 19.3 Å². The number of nitrogens with one attached hydrogen (secondary N) is 1. The van der Waals surface area contributed by atoms with Crippen molar-refractivity contribution in [3.05, 3.63) is 35.9 Å². The Hall–Kier alpha value is -1.42. The Morgan fingerprint density at radius 2 is 1.79 bits per heavy atom. The van der Waals surface area contributed by atoms with Crippen molar-refractivity contribution < 1.29 is 4.79 Å². The van der Waals surface area contributed by atoms with Crippen molar-refractivity contribution in [3.63, 3.8) is 0 Å². The molecular formula is C15H18N2OS. The maximum atomic E-state index is 12.6. The van der Waals surface area contributed by atoms with Crippen LogP contribution < -0.4 is 5.32 Å². The van der Waals surface area contributed by atoms with Gasteiger partial charge in [0.2, 0.25) is 0 Å². The van der Waals surface area contributed by atoms with Gasteiger partial charge in [0.05, 0.1) is 0 Å². The van der Waals surface area contributed by atoms with Crippen molar-refractivity contribution in [2.75, 3.05) is 0 Å². The number of rotatable bonds is 2. The molecule has 2 aliphatic rings. The lowest BCUT2D eigenvalue weighted by Gasteiger charge is -2.30. The normalized spacial score (nSPS) is 24.6. The molecule has 1 aliphatic carbocycles. The second-order valence-corrected chi connectivity index (χ2v) is 5.68. The fourth-order valence-electron chi connectivity index (χ4n) is 3.05. The van der Waals surface area contributed by atoms with E-state index in [0.29, 0.717) is 11.2 Å². The predicted octanol–water partition coefficient (Wildman–Crippen LogP) is 2.78. The van der Waals surface area contributed by atoms with Crippen LogP contribution in [0.5, 0.6) is 0 Å². The molecule has 1 saturated carbocycles. The Morgan fingerprint density at radius 3 is 2.47 bits per heavy atom. The Kier molecular flexibility index (Phi) is 3.51. The number of thiocarbonyl (C=S) groups is 1. The van der Waals surface area contributed by atoms with Gasteiger partial charge in [0, 0.05) is 6.04 Å². The summed E-state index contributed by atoms with van der Waals surface area (Å²) in [4.78, 5) is 14.4. The number of carbonyl (C=O) groups is 1. The van der Waals surface area contributed by atoms with Crippen LogP contribution in [0.15, 0.2) is 30.3 Å². The van der Waals surface area contributed by atoms with Crippen LogP contribution in [-0.2, 0) is 4.79 Å². The SMILES string of the molecule is O=C1[C@H](c2ccccc2)NC(=S)N1C1CCCCC1. The molecule has 2 fully saturated rings. The molecule has 0 bridgehead atoms. The highest BCUT2D eigenvalue weighted by Crippen LogP contribution is 2.29. The van der Waals surface area contributed by atoms with E-state index >= 15 is 0 Å². The van der Waals surface area contributed by atoms with Gasteiger partial charge < -0.3 is 5.32 Å². The molecule has 1 aromatic rings. The van der Waals surface area contributed by atoms with Crippen LogP contribution in [0.2, 0.25) is 0 Å². The first-order chi connectivity index (χ1) is 9.27. The van der Waals surface area contributed by atoms with E-state index in [2.05, 4.69) is 5.32 Å². The topological polar surface area (TPSA) is 32.3 Å². The molecule has 3 nitrogen and oxygen atoms in total. The van der Waals surface area contributed by atoms with Crippen molar-refractivity contribution >= 4 is 23.2 Å². The molecule has 1 saturated heterocycles. The fraction of sp³-hybridized carbons (Fsp3) is 0.467. The van der Waals surface area contributed by atoms with E-state index in [4.69, 9.17) is 12.2 Å². The molecule has 1 heterocycles. The van der Waals surface area contributed by atoms with Crippen molar-refractivity contribution in [2.45, 2.75) is 44.2 Å². The zero-order valence-corrected chi connectivity index (χ0v) is 11.7. The molecule has 1 amide bonds. The molecule has 0 radical (unpaired) electrons. The Balaban J connectivity index is 1.81. The first kappa shape index (κ1) is 12.6. The summed E-state index contributed by atoms with van der Waals surface area (Å²) < 4.78 is 0. The summed E-state index contributed by atoms with van der Waals surface area (Å²) >= 11 is 5.37. The minimum Gasteiger partial charge on any atom is -0.347 e. The number of carbonyl (C=O) groups excluding carboxylic acids is 1. The third kappa shape index (κ3) is 2.37. The molecule has 4 heteroatoms. The first-order valence-corrected chi connectivity index (χ1v) is 7.37. The molecule has 100 valence electrons. The molecule has 19 heavy (non-hydrogen) atoms. The van der Waals surface area contributed by atoms with Gasteiger partial charge in [-0.3, -0.25) is 9.69 Å². The number of hydrogen-bond donors (Lipinski definition) is 1. The monoisotopic (exact) mass is 274 g/mol. The summed E-state index contributed by atoms with van der Waals surface area (Å²) in [7, 11) is 0.